The average Bonchev–Trinajstić information content (AvgIpc) is 2.86. The Labute approximate surface area is 102 Å². The highest BCUT2D eigenvalue weighted by atomic mass is 16.1. The molecule has 1 fully saturated rings. The van der Waals surface area contributed by atoms with Crippen molar-refractivity contribution in [2.24, 2.45) is 17.6 Å². The third-order valence-electron chi connectivity index (χ3n) is 3.82. The van der Waals surface area contributed by atoms with Crippen LogP contribution in [0.5, 0.6) is 0 Å². The van der Waals surface area contributed by atoms with Crippen LogP contribution >= 0.6 is 0 Å². The smallest absolute Gasteiger partial charge is 0.183 e. The lowest BCUT2D eigenvalue weighted by atomic mass is 9.79. The van der Waals surface area contributed by atoms with Crippen LogP contribution in [0.1, 0.15) is 43.1 Å². The molecule has 0 bridgehead atoms. The highest BCUT2D eigenvalue weighted by Crippen LogP contribution is 2.30. The highest BCUT2D eigenvalue weighted by molar-refractivity contribution is 5.96. The maximum atomic E-state index is 12.3. The van der Waals surface area contributed by atoms with E-state index in [1.165, 1.54) is 0 Å². The molecule has 1 heterocycles. The normalized spacial score (nSPS) is 24.8. The van der Waals surface area contributed by atoms with Crippen molar-refractivity contribution in [1.29, 1.82) is 0 Å². The standard InChI is InChI=1S/C13H21N3O/c1-2-16-12(7-8-15-16)13(17)11-5-3-10(9-14)4-6-11/h7-8,10-11H,2-6,9,14H2,1H3. The number of hydrogen-bond donors (Lipinski definition) is 1. The number of hydrogen-bond acceptors (Lipinski definition) is 3. The molecule has 2 N–H and O–H groups in total. The number of Topliss-reactive ketones (excluding diaryl/α,β-unsaturated/α-hetero) is 1. The maximum absolute atomic E-state index is 12.3. The zero-order valence-electron chi connectivity index (χ0n) is 10.4. The summed E-state index contributed by atoms with van der Waals surface area (Å²) in [5, 5.41) is 4.16. The monoisotopic (exact) mass is 235 g/mol. The first kappa shape index (κ1) is 12.3. The summed E-state index contributed by atoms with van der Waals surface area (Å²) in [7, 11) is 0. The summed E-state index contributed by atoms with van der Waals surface area (Å²) in [6, 6.07) is 1.83. The summed E-state index contributed by atoms with van der Waals surface area (Å²) in [6.45, 7) is 3.52. The summed E-state index contributed by atoms with van der Waals surface area (Å²) in [6.07, 6.45) is 5.85. The minimum atomic E-state index is 0.180. The van der Waals surface area contributed by atoms with Gasteiger partial charge in [0.2, 0.25) is 0 Å². The van der Waals surface area contributed by atoms with Gasteiger partial charge < -0.3 is 5.73 Å². The van der Waals surface area contributed by atoms with Crippen LogP contribution in [0.25, 0.3) is 0 Å². The molecule has 1 aliphatic rings. The van der Waals surface area contributed by atoms with Crippen molar-refractivity contribution in [3.05, 3.63) is 18.0 Å². The van der Waals surface area contributed by atoms with Gasteiger partial charge in [-0.05, 0) is 51.1 Å². The predicted octanol–water partition coefficient (Wildman–Crippen LogP) is 1.85. The molecule has 2 rings (SSSR count). The molecule has 1 aromatic heterocycles. The molecule has 0 atom stereocenters. The number of aryl methyl sites for hydroxylation is 1. The minimum absolute atomic E-state index is 0.180. The van der Waals surface area contributed by atoms with Gasteiger partial charge in [-0.3, -0.25) is 9.48 Å². The van der Waals surface area contributed by atoms with Crippen LogP contribution in [-0.2, 0) is 6.54 Å². The van der Waals surface area contributed by atoms with Gasteiger partial charge in [0.05, 0.1) is 0 Å². The van der Waals surface area contributed by atoms with Crippen LogP contribution in [0.3, 0.4) is 0 Å². The number of rotatable bonds is 4. The molecular weight excluding hydrogens is 214 g/mol. The van der Waals surface area contributed by atoms with E-state index in [4.69, 9.17) is 5.73 Å². The molecule has 1 saturated carbocycles. The Bertz CT molecular complexity index is 378. The number of carbonyl (C=O) groups excluding carboxylic acids is 1. The van der Waals surface area contributed by atoms with Crippen molar-refractivity contribution >= 4 is 5.78 Å². The second-order valence-electron chi connectivity index (χ2n) is 4.85. The second kappa shape index (κ2) is 5.45. The van der Waals surface area contributed by atoms with Crippen LogP contribution in [0.4, 0.5) is 0 Å². The number of carbonyl (C=O) groups is 1. The van der Waals surface area contributed by atoms with Gasteiger partial charge in [-0.15, -0.1) is 0 Å². The summed E-state index contributed by atoms with van der Waals surface area (Å²) < 4.78 is 1.79. The van der Waals surface area contributed by atoms with Crippen molar-refractivity contribution in [1.82, 2.24) is 9.78 Å². The Hall–Kier alpha value is -1.16. The Kier molecular flexibility index (Phi) is 3.94. The zero-order valence-corrected chi connectivity index (χ0v) is 10.4. The molecule has 1 aliphatic carbocycles. The molecule has 0 saturated heterocycles. The van der Waals surface area contributed by atoms with E-state index in [1.54, 1.807) is 10.9 Å². The number of nitrogens with two attached hydrogens (primary N) is 1. The molecule has 4 nitrogen and oxygen atoms in total. The van der Waals surface area contributed by atoms with Gasteiger partial charge in [0, 0.05) is 18.7 Å². The van der Waals surface area contributed by atoms with E-state index in [0.717, 1.165) is 44.5 Å². The van der Waals surface area contributed by atoms with Crippen LogP contribution in [-0.4, -0.2) is 22.1 Å². The van der Waals surface area contributed by atoms with E-state index >= 15 is 0 Å². The molecule has 4 heteroatoms. The van der Waals surface area contributed by atoms with Gasteiger partial charge in [0.25, 0.3) is 0 Å². The topological polar surface area (TPSA) is 60.9 Å². The molecule has 0 aromatic carbocycles. The third kappa shape index (κ3) is 2.57. The summed E-state index contributed by atoms with van der Waals surface area (Å²) in [4.78, 5) is 12.3. The fourth-order valence-electron chi connectivity index (χ4n) is 2.66. The first-order valence-corrected chi connectivity index (χ1v) is 6.52. The molecule has 0 radical (unpaired) electrons. The van der Waals surface area contributed by atoms with Crippen LogP contribution in [0.2, 0.25) is 0 Å². The highest BCUT2D eigenvalue weighted by Gasteiger charge is 2.27. The average molecular weight is 235 g/mol. The number of aromatic nitrogens is 2. The lowest BCUT2D eigenvalue weighted by Gasteiger charge is -2.26. The van der Waals surface area contributed by atoms with E-state index in [1.807, 2.05) is 13.0 Å². The van der Waals surface area contributed by atoms with Crippen molar-refractivity contribution < 1.29 is 4.79 Å². The van der Waals surface area contributed by atoms with Crippen molar-refractivity contribution in [2.45, 2.75) is 39.2 Å². The van der Waals surface area contributed by atoms with Gasteiger partial charge in [-0.2, -0.15) is 5.10 Å². The zero-order chi connectivity index (χ0) is 12.3. The number of nitrogens with zero attached hydrogens (tertiary/aromatic N) is 2. The van der Waals surface area contributed by atoms with Gasteiger partial charge in [-0.25, -0.2) is 0 Å². The molecule has 0 aliphatic heterocycles. The van der Waals surface area contributed by atoms with Crippen LogP contribution < -0.4 is 5.73 Å². The van der Waals surface area contributed by atoms with Crippen LogP contribution in [0, 0.1) is 11.8 Å². The first-order valence-electron chi connectivity index (χ1n) is 6.52. The second-order valence-corrected chi connectivity index (χ2v) is 4.85. The van der Waals surface area contributed by atoms with Crippen molar-refractivity contribution in [2.75, 3.05) is 6.54 Å². The fourth-order valence-corrected chi connectivity index (χ4v) is 2.66. The van der Waals surface area contributed by atoms with Gasteiger partial charge in [0.15, 0.2) is 5.78 Å². The Morgan fingerprint density at radius 2 is 2.18 bits per heavy atom. The van der Waals surface area contributed by atoms with Gasteiger partial charge >= 0.3 is 0 Å². The SMILES string of the molecule is CCn1nccc1C(=O)C1CCC(CN)CC1. The minimum Gasteiger partial charge on any atom is -0.330 e. The predicted molar refractivity (Wildman–Crippen MR) is 66.7 cm³/mol. The van der Waals surface area contributed by atoms with Gasteiger partial charge in [-0.1, -0.05) is 0 Å². The Morgan fingerprint density at radius 3 is 2.76 bits per heavy atom. The molecule has 94 valence electrons. The lowest BCUT2D eigenvalue weighted by Crippen LogP contribution is -2.27. The van der Waals surface area contributed by atoms with E-state index in [-0.39, 0.29) is 11.7 Å². The molecule has 1 aromatic rings. The van der Waals surface area contributed by atoms with E-state index in [9.17, 15) is 4.79 Å². The van der Waals surface area contributed by atoms with E-state index < -0.39 is 0 Å². The van der Waals surface area contributed by atoms with E-state index in [2.05, 4.69) is 5.10 Å². The molecule has 0 unspecified atom stereocenters. The molecule has 17 heavy (non-hydrogen) atoms. The summed E-state index contributed by atoms with van der Waals surface area (Å²) in [5.41, 5.74) is 6.43. The maximum Gasteiger partial charge on any atom is 0.183 e. The first-order chi connectivity index (χ1) is 8.26. The third-order valence-corrected chi connectivity index (χ3v) is 3.82. The molecule has 0 amide bonds. The Balaban J connectivity index is 2.02. The quantitative estimate of drug-likeness (QED) is 0.810. The largest absolute Gasteiger partial charge is 0.330 e. The van der Waals surface area contributed by atoms with Crippen molar-refractivity contribution in [3.8, 4) is 0 Å². The summed E-state index contributed by atoms with van der Waals surface area (Å²) >= 11 is 0. The summed E-state index contributed by atoms with van der Waals surface area (Å²) in [5.74, 6) is 1.06. The van der Waals surface area contributed by atoms with Gasteiger partial charge in [0.1, 0.15) is 5.69 Å². The van der Waals surface area contributed by atoms with Crippen molar-refractivity contribution in [3.63, 3.8) is 0 Å². The van der Waals surface area contributed by atoms with E-state index in [0.29, 0.717) is 5.92 Å². The molecular formula is C13H21N3O. The van der Waals surface area contributed by atoms with Crippen LogP contribution in [0.15, 0.2) is 12.3 Å². The Morgan fingerprint density at radius 1 is 1.47 bits per heavy atom. The molecule has 0 spiro atoms. The number of ketones is 1. The fraction of sp³-hybridized carbons (Fsp3) is 0.692. The lowest BCUT2D eigenvalue weighted by molar-refractivity contribution is 0.0862.